The first kappa shape index (κ1) is 12.5. The summed E-state index contributed by atoms with van der Waals surface area (Å²) >= 11 is 6.00. The fourth-order valence-corrected chi connectivity index (χ4v) is 2.15. The lowest BCUT2D eigenvalue weighted by molar-refractivity contribution is 0.488. The highest BCUT2D eigenvalue weighted by Gasteiger charge is 2.06. The van der Waals surface area contributed by atoms with Gasteiger partial charge in [0.1, 0.15) is 17.6 Å². The van der Waals surface area contributed by atoms with E-state index in [1.54, 1.807) is 24.4 Å². The molecule has 3 aromatic rings. The molecule has 1 aromatic heterocycles. The summed E-state index contributed by atoms with van der Waals surface area (Å²) in [5, 5.41) is 10.2. The summed E-state index contributed by atoms with van der Waals surface area (Å²) in [4.78, 5) is 4.28. The largest absolute Gasteiger partial charge is 0.457 e. The van der Waals surface area contributed by atoms with Gasteiger partial charge in [-0.05, 0) is 36.4 Å². The van der Waals surface area contributed by atoms with Gasteiger partial charge < -0.3 is 4.74 Å². The Hall–Kier alpha value is -2.57. The summed E-state index contributed by atoms with van der Waals surface area (Å²) in [5.74, 6) is 1.29. The number of hydrogen-bond donors (Lipinski definition) is 0. The zero-order valence-corrected chi connectivity index (χ0v) is 11.1. The highest BCUT2D eigenvalue weighted by molar-refractivity contribution is 6.31. The van der Waals surface area contributed by atoms with Crippen molar-refractivity contribution in [1.29, 1.82) is 5.26 Å². The van der Waals surface area contributed by atoms with Crippen molar-refractivity contribution in [3.05, 3.63) is 65.3 Å². The first-order valence-corrected chi connectivity index (χ1v) is 6.37. The second-order valence-corrected chi connectivity index (χ2v) is 4.59. The lowest BCUT2D eigenvalue weighted by Crippen LogP contribution is -1.88. The Kier molecular flexibility index (Phi) is 3.24. The molecule has 0 atom stereocenters. The molecule has 96 valence electrons. The topological polar surface area (TPSA) is 45.9 Å². The highest BCUT2D eigenvalue weighted by Crippen LogP contribution is 2.30. The average molecular weight is 281 g/mol. The fourth-order valence-electron chi connectivity index (χ4n) is 1.94. The van der Waals surface area contributed by atoms with Gasteiger partial charge in [-0.25, -0.2) is 0 Å². The van der Waals surface area contributed by atoms with Crippen molar-refractivity contribution in [2.24, 2.45) is 0 Å². The van der Waals surface area contributed by atoms with Crippen molar-refractivity contribution in [1.82, 2.24) is 4.98 Å². The molecule has 3 rings (SSSR count). The Labute approximate surface area is 121 Å². The molecular weight excluding hydrogens is 272 g/mol. The Morgan fingerprint density at radius 2 is 2.00 bits per heavy atom. The molecule has 0 fully saturated rings. The van der Waals surface area contributed by atoms with Crippen LogP contribution in [0, 0.1) is 11.3 Å². The van der Waals surface area contributed by atoms with Crippen LogP contribution in [-0.4, -0.2) is 4.98 Å². The van der Waals surface area contributed by atoms with Crippen LogP contribution in [0.4, 0.5) is 0 Å². The molecule has 3 nitrogen and oxygen atoms in total. The van der Waals surface area contributed by atoms with Gasteiger partial charge in [-0.1, -0.05) is 17.7 Å². The van der Waals surface area contributed by atoms with Crippen LogP contribution in [0.25, 0.3) is 10.9 Å². The number of nitrogens with zero attached hydrogens (tertiary/aromatic N) is 2. The summed E-state index contributed by atoms with van der Waals surface area (Å²) < 4.78 is 5.84. The number of hydrogen-bond acceptors (Lipinski definition) is 3. The van der Waals surface area contributed by atoms with Crippen LogP contribution in [0.5, 0.6) is 11.5 Å². The number of rotatable bonds is 2. The van der Waals surface area contributed by atoms with E-state index in [0.717, 1.165) is 10.9 Å². The Bertz CT molecular complexity index is 819. The van der Waals surface area contributed by atoms with Crippen LogP contribution in [0.1, 0.15) is 5.56 Å². The smallest absolute Gasteiger partial charge is 0.136 e. The summed E-state index contributed by atoms with van der Waals surface area (Å²) in [6.45, 7) is 0. The molecule has 1 heterocycles. The molecule has 0 saturated heterocycles. The summed E-state index contributed by atoms with van der Waals surface area (Å²) in [5.41, 5.74) is 1.29. The molecule has 0 N–H and O–H groups in total. The van der Waals surface area contributed by atoms with E-state index in [2.05, 4.69) is 4.98 Å². The monoisotopic (exact) mass is 280 g/mol. The lowest BCUT2D eigenvalue weighted by Gasteiger charge is -2.09. The minimum Gasteiger partial charge on any atom is -0.457 e. The SMILES string of the molecule is N#Cc1ccc(Oc2cccc3ncccc23)cc1Cl. The Morgan fingerprint density at radius 3 is 2.80 bits per heavy atom. The van der Waals surface area contributed by atoms with Gasteiger partial charge in [0.05, 0.1) is 16.1 Å². The number of ether oxygens (including phenoxy) is 1. The summed E-state index contributed by atoms with van der Waals surface area (Å²) in [6.07, 6.45) is 1.74. The van der Waals surface area contributed by atoms with Gasteiger partial charge in [-0.15, -0.1) is 0 Å². The molecule has 0 aliphatic carbocycles. The highest BCUT2D eigenvalue weighted by atomic mass is 35.5. The van der Waals surface area contributed by atoms with Gasteiger partial charge >= 0.3 is 0 Å². The Balaban J connectivity index is 2.02. The van der Waals surface area contributed by atoms with Crippen molar-refractivity contribution < 1.29 is 4.74 Å². The fraction of sp³-hybridized carbons (Fsp3) is 0. The van der Waals surface area contributed by atoms with E-state index >= 15 is 0 Å². The second kappa shape index (κ2) is 5.20. The maximum absolute atomic E-state index is 8.86. The first-order valence-electron chi connectivity index (χ1n) is 5.99. The van der Waals surface area contributed by atoms with E-state index in [0.29, 0.717) is 22.1 Å². The van der Waals surface area contributed by atoms with Crippen LogP contribution in [0.2, 0.25) is 5.02 Å². The number of fused-ring (bicyclic) bond motifs is 1. The van der Waals surface area contributed by atoms with E-state index in [4.69, 9.17) is 21.6 Å². The molecule has 20 heavy (non-hydrogen) atoms. The van der Waals surface area contributed by atoms with Gasteiger partial charge in [0.15, 0.2) is 0 Å². The number of nitriles is 1. The number of pyridine rings is 1. The zero-order chi connectivity index (χ0) is 13.9. The van der Waals surface area contributed by atoms with Crippen LogP contribution < -0.4 is 4.74 Å². The third-order valence-corrected chi connectivity index (χ3v) is 3.21. The Morgan fingerprint density at radius 1 is 1.10 bits per heavy atom. The average Bonchev–Trinajstić information content (AvgIpc) is 2.48. The molecule has 0 unspecified atom stereocenters. The van der Waals surface area contributed by atoms with Crippen molar-refractivity contribution in [3.63, 3.8) is 0 Å². The van der Waals surface area contributed by atoms with E-state index in [1.807, 2.05) is 36.4 Å². The molecule has 0 aliphatic rings. The molecule has 0 saturated carbocycles. The summed E-state index contributed by atoms with van der Waals surface area (Å²) in [6, 6.07) is 16.5. The predicted octanol–water partition coefficient (Wildman–Crippen LogP) is 4.55. The normalized spacial score (nSPS) is 10.2. The number of halogens is 1. The third kappa shape index (κ3) is 2.29. The molecule has 0 amide bonds. The van der Waals surface area contributed by atoms with Crippen LogP contribution in [-0.2, 0) is 0 Å². The van der Waals surface area contributed by atoms with E-state index < -0.39 is 0 Å². The van der Waals surface area contributed by atoms with Crippen LogP contribution in [0.3, 0.4) is 0 Å². The standard InChI is InChI=1S/C16H9ClN2O/c17-14-9-12(7-6-11(14)10-18)20-16-5-1-4-15-13(16)3-2-8-19-15/h1-9H. The van der Waals surface area contributed by atoms with Crippen molar-refractivity contribution >= 4 is 22.5 Å². The van der Waals surface area contributed by atoms with Crippen LogP contribution in [0.15, 0.2) is 54.7 Å². The maximum atomic E-state index is 8.86. The lowest BCUT2D eigenvalue weighted by atomic mass is 10.2. The molecule has 0 bridgehead atoms. The van der Waals surface area contributed by atoms with E-state index in [1.165, 1.54) is 0 Å². The minimum absolute atomic E-state index is 0.378. The predicted molar refractivity (Wildman–Crippen MR) is 78.0 cm³/mol. The molecule has 2 aromatic carbocycles. The first-order chi connectivity index (χ1) is 9.78. The van der Waals surface area contributed by atoms with Gasteiger partial charge in [-0.3, -0.25) is 4.98 Å². The van der Waals surface area contributed by atoms with Gasteiger partial charge in [-0.2, -0.15) is 5.26 Å². The quantitative estimate of drug-likeness (QED) is 0.691. The third-order valence-electron chi connectivity index (χ3n) is 2.89. The maximum Gasteiger partial charge on any atom is 0.136 e. The summed E-state index contributed by atoms with van der Waals surface area (Å²) in [7, 11) is 0. The molecular formula is C16H9ClN2O. The molecule has 0 spiro atoms. The van der Waals surface area contributed by atoms with Crippen molar-refractivity contribution in [3.8, 4) is 17.6 Å². The zero-order valence-electron chi connectivity index (χ0n) is 10.4. The van der Waals surface area contributed by atoms with Crippen LogP contribution >= 0.6 is 11.6 Å². The van der Waals surface area contributed by atoms with Crippen molar-refractivity contribution in [2.75, 3.05) is 0 Å². The minimum atomic E-state index is 0.378. The molecule has 0 radical (unpaired) electrons. The van der Waals surface area contributed by atoms with Gasteiger partial charge in [0.25, 0.3) is 0 Å². The van der Waals surface area contributed by atoms with Gasteiger partial charge in [0, 0.05) is 17.6 Å². The van der Waals surface area contributed by atoms with E-state index in [9.17, 15) is 0 Å². The second-order valence-electron chi connectivity index (χ2n) is 4.18. The van der Waals surface area contributed by atoms with E-state index in [-0.39, 0.29) is 0 Å². The number of aromatic nitrogens is 1. The van der Waals surface area contributed by atoms with Crippen molar-refractivity contribution in [2.45, 2.75) is 0 Å². The van der Waals surface area contributed by atoms with Gasteiger partial charge in [0.2, 0.25) is 0 Å². The molecule has 0 aliphatic heterocycles. The number of benzene rings is 2. The molecule has 4 heteroatoms.